The third kappa shape index (κ3) is 7.42. The van der Waals surface area contributed by atoms with Crippen molar-refractivity contribution in [3.8, 4) is 0 Å². The smallest absolute Gasteiger partial charge is 0.335 e. The quantitative estimate of drug-likeness (QED) is 0.648. The number of carbonyl (C=O) groups is 1. The van der Waals surface area contributed by atoms with E-state index in [0.717, 1.165) is 0 Å². The van der Waals surface area contributed by atoms with Crippen molar-refractivity contribution < 1.29 is 20.1 Å². The lowest BCUT2D eigenvalue weighted by Gasteiger charge is -1.88. The lowest BCUT2D eigenvalue weighted by atomic mass is 10.2. The summed E-state index contributed by atoms with van der Waals surface area (Å²) < 4.78 is 0. The Hall–Kier alpha value is -1.65. The van der Waals surface area contributed by atoms with Crippen LogP contribution >= 0.6 is 0 Å². The van der Waals surface area contributed by atoms with Gasteiger partial charge < -0.3 is 15.3 Å². The highest BCUT2D eigenvalue weighted by Gasteiger charge is 1.96. The highest BCUT2D eigenvalue weighted by atomic mass is 16.4. The van der Waals surface area contributed by atoms with Gasteiger partial charge in [0.25, 0.3) is 0 Å². The molecule has 82 valence electrons. The zero-order valence-corrected chi connectivity index (χ0v) is 8.21. The maximum atomic E-state index is 10.2. The van der Waals surface area contributed by atoms with Gasteiger partial charge in [-0.25, -0.2) is 4.79 Å². The van der Waals surface area contributed by atoms with Crippen LogP contribution in [-0.2, 0) is 0 Å². The number of rotatable bonds is 3. The van der Waals surface area contributed by atoms with Crippen molar-refractivity contribution in [3.63, 3.8) is 0 Å². The number of benzene rings is 1. The molecule has 0 heterocycles. The molecule has 4 heteroatoms. The number of aliphatic hydroxyl groups excluding tert-OH is 2. The van der Waals surface area contributed by atoms with Crippen LogP contribution in [0.25, 0.3) is 0 Å². The fraction of sp³-hybridized carbons (Fsp3) is 0.182. The van der Waals surface area contributed by atoms with Crippen LogP contribution in [0, 0.1) is 0 Å². The second-order valence-electron chi connectivity index (χ2n) is 2.51. The molecule has 0 aliphatic carbocycles. The molecule has 0 aliphatic rings. The summed E-state index contributed by atoms with van der Waals surface area (Å²) in [5.74, 6) is -0.879. The highest BCUT2D eigenvalue weighted by Crippen LogP contribution is 1.96. The molecule has 1 aromatic rings. The van der Waals surface area contributed by atoms with E-state index >= 15 is 0 Å². The predicted molar refractivity (Wildman–Crippen MR) is 56.7 cm³/mol. The first-order chi connectivity index (χ1) is 7.22. The zero-order valence-electron chi connectivity index (χ0n) is 8.21. The summed E-state index contributed by atoms with van der Waals surface area (Å²) in [5.41, 5.74) is 0.331. The van der Waals surface area contributed by atoms with Crippen LogP contribution in [0.4, 0.5) is 0 Å². The lowest BCUT2D eigenvalue weighted by Crippen LogP contribution is -1.93. The van der Waals surface area contributed by atoms with Crippen molar-refractivity contribution in [2.24, 2.45) is 0 Å². The maximum absolute atomic E-state index is 10.2. The van der Waals surface area contributed by atoms with Crippen molar-refractivity contribution in [1.29, 1.82) is 0 Å². The van der Waals surface area contributed by atoms with Gasteiger partial charge in [-0.15, -0.1) is 0 Å². The first kappa shape index (κ1) is 13.4. The molecule has 4 nitrogen and oxygen atoms in total. The average molecular weight is 210 g/mol. The number of carboxylic acids is 1. The summed E-state index contributed by atoms with van der Waals surface area (Å²) >= 11 is 0. The van der Waals surface area contributed by atoms with Crippen molar-refractivity contribution in [2.75, 3.05) is 13.2 Å². The van der Waals surface area contributed by atoms with Crippen molar-refractivity contribution >= 4 is 5.97 Å². The Kier molecular flexibility index (Phi) is 7.94. The molecule has 0 saturated heterocycles. The van der Waals surface area contributed by atoms with E-state index in [1.807, 2.05) is 0 Å². The van der Waals surface area contributed by atoms with E-state index in [-0.39, 0.29) is 13.2 Å². The molecule has 15 heavy (non-hydrogen) atoms. The molecule has 0 fully saturated rings. The summed E-state index contributed by atoms with van der Waals surface area (Å²) in [6.45, 7) is 0.0289. The van der Waals surface area contributed by atoms with Crippen LogP contribution in [0.2, 0.25) is 0 Å². The molecule has 0 saturated carbocycles. The van der Waals surface area contributed by atoms with Crippen LogP contribution in [0.5, 0.6) is 0 Å². The second kappa shape index (κ2) is 8.93. The Balaban J connectivity index is 0.000000288. The van der Waals surface area contributed by atoms with E-state index in [4.69, 9.17) is 15.3 Å². The molecule has 0 radical (unpaired) electrons. The molecular formula is C11H14O4. The highest BCUT2D eigenvalue weighted by molar-refractivity contribution is 5.87. The van der Waals surface area contributed by atoms with Crippen LogP contribution < -0.4 is 0 Å². The zero-order chi connectivity index (χ0) is 11.5. The van der Waals surface area contributed by atoms with E-state index in [0.29, 0.717) is 5.56 Å². The first-order valence-electron chi connectivity index (χ1n) is 4.37. The minimum Gasteiger partial charge on any atom is -0.478 e. The van der Waals surface area contributed by atoms with Crippen molar-refractivity contribution in [1.82, 2.24) is 0 Å². The van der Waals surface area contributed by atoms with Gasteiger partial charge in [-0.05, 0) is 12.1 Å². The van der Waals surface area contributed by atoms with Crippen LogP contribution in [0.1, 0.15) is 10.4 Å². The Morgan fingerprint density at radius 1 is 1.07 bits per heavy atom. The number of hydrogen-bond donors (Lipinski definition) is 3. The normalized spacial score (nSPS) is 9.47. The van der Waals surface area contributed by atoms with Gasteiger partial charge in [-0.1, -0.05) is 30.4 Å². The molecule has 0 atom stereocenters. The molecule has 3 N–H and O–H groups in total. The molecule has 0 aromatic heterocycles. The summed E-state index contributed by atoms with van der Waals surface area (Å²) in [6.07, 6.45) is 2.97. The topological polar surface area (TPSA) is 77.8 Å². The second-order valence-corrected chi connectivity index (χ2v) is 2.51. The van der Waals surface area contributed by atoms with Crippen LogP contribution in [0.3, 0.4) is 0 Å². The van der Waals surface area contributed by atoms with Gasteiger partial charge in [0, 0.05) is 0 Å². The SMILES string of the molecule is O=C(O)c1ccccc1.OCC=CCO. The molecule has 0 aliphatic heterocycles. The summed E-state index contributed by atoms with van der Waals surface area (Å²) in [7, 11) is 0. The van der Waals surface area contributed by atoms with E-state index in [2.05, 4.69) is 0 Å². The van der Waals surface area contributed by atoms with Crippen LogP contribution in [0.15, 0.2) is 42.5 Å². The van der Waals surface area contributed by atoms with Gasteiger partial charge >= 0.3 is 5.97 Å². The number of aromatic carboxylic acids is 1. The Bertz CT molecular complexity index is 287. The maximum Gasteiger partial charge on any atom is 0.335 e. The first-order valence-corrected chi connectivity index (χ1v) is 4.37. The lowest BCUT2D eigenvalue weighted by molar-refractivity contribution is 0.0697. The van der Waals surface area contributed by atoms with Gasteiger partial charge in [0.05, 0.1) is 18.8 Å². The molecule has 1 rings (SSSR count). The third-order valence-electron chi connectivity index (χ3n) is 1.40. The van der Waals surface area contributed by atoms with Crippen molar-refractivity contribution in [2.45, 2.75) is 0 Å². The molecular weight excluding hydrogens is 196 g/mol. The number of carboxylic acid groups (broad SMARTS) is 1. The van der Waals surface area contributed by atoms with E-state index in [1.165, 1.54) is 12.2 Å². The molecule has 0 amide bonds. The van der Waals surface area contributed by atoms with Crippen molar-refractivity contribution in [3.05, 3.63) is 48.0 Å². The van der Waals surface area contributed by atoms with Gasteiger partial charge in [-0.3, -0.25) is 0 Å². The van der Waals surface area contributed by atoms with E-state index in [1.54, 1.807) is 30.3 Å². The molecule has 0 unspecified atom stereocenters. The van der Waals surface area contributed by atoms with Gasteiger partial charge in [0.2, 0.25) is 0 Å². The van der Waals surface area contributed by atoms with E-state index in [9.17, 15) is 4.79 Å². The van der Waals surface area contributed by atoms with Crippen LogP contribution in [-0.4, -0.2) is 34.5 Å². The summed E-state index contributed by atoms with van der Waals surface area (Å²) in [4.78, 5) is 10.2. The Morgan fingerprint density at radius 3 is 1.80 bits per heavy atom. The Labute approximate surface area is 88.1 Å². The predicted octanol–water partition coefficient (Wildman–Crippen LogP) is 0.912. The average Bonchev–Trinajstić information content (AvgIpc) is 2.28. The molecule has 1 aromatic carbocycles. The largest absolute Gasteiger partial charge is 0.478 e. The fourth-order valence-corrected chi connectivity index (χ4v) is 0.730. The Morgan fingerprint density at radius 2 is 1.53 bits per heavy atom. The van der Waals surface area contributed by atoms with Gasteiger partial charge in [-0.2, -0.15) is 0 Å². The molecule has 0 bridgehead atoms. The number of aliphatic hydroxyl groups is 2. The molecule has 0 spiro atoms. The van der Waals surface area contributed by atoms with Gasteiger partial charge in [0.15, 0.2) is 0 Å². The minimum absolute atomic E-state index is 0.0144. The summed E-state index contributed by atoms with van der Waals surface area (Å²) in [6, 6.07) is 8.30. The summed E-state index contributed by atoms with van der Waals surface area (Å²) in [5, 5.41) is 24.4. The number of hydrogen-bond acceptors (Lipinski definition) is 3. The van der Waals surface area contributed by atoms with Gasteiger partial charge in [0.1, 0.15) is 0 Å². The fourth-order valence-electron chi connectivity index (χ4n) is 0.730. The monoisotopic (exact) mass is 210 g/mol. The van der Waals surface area contributed by atoms with E-state index < -0.39 is 5.97 Å². The minimum atomic E-state index is -0.879. The standard InChI is InChI=1S/C7H6O2.C4H8O2/c8-7(9)6-4-2-1-3-5-6;5-3-1-2-4-6/h1-5H,(H,8,9);1-2,5-6H,3-4H2. The third-order valence-corrected chi connectivity index (χ3v) is 1.40.